The Balaban J connectivity index is 1.45. The molecule has 0 unspecified atom stereocenters. The third kappa shape index (κ3) is 5.62. The molecule has 1 heterocycles. The lowest BCUT2D eigenvalue weighted by atomic mass is 10.1. The van der Waals surface area contributed by atoms with Crippen LogP contribution in [0.4, 0.5) is 21.5 Å². The van der Waals surface area contributed by atoms with Gasteiger partial charge in [0, 0.05) is 49.8 Å². The van der Waals surface area contributed by atoms with Gasteiger partial charge in [-0.2, -0.15) is 0 Å². The second kappa shape index (κ2) is 10.6. The number of benzene rings is 3. The van der Waals surface area contributed by atoms with Gasteiger partial charge in [-0.1, -0.05) is 32.0 Å². The molecule has 1 aliphatic heterocycles. The molecule has 182 valence electrons. The number of hydrogen-bond acceptors (Lipinski definition) is 4. The smallest absolute Gasteiger partial charge is 0.335 e. The van der Waals surface area contributed by atoms with E-state index >= 15 is 4.39 Å². The van der Waals surface area contributed by atoms with Crippen LogP contribution >= 0.6 is 0 Å². The number of nitrogens with zero attached hydrogens (tertiary/aromatic N) is 3. The van der Waals surface area contributed by atoms with Gasteiger partial charge in [0.1, 0.15) is 5.82 Å². The van der Waals surface area contributed by atoms with E-state index in [4.69, 9.17) is 5.11 Å². The van der Waals surface area contributed by atoms with Crippen molar-refractivity contribution in [2.45, 2.75) is 13.8 Å². The Morgan fingerprint density at radius 1 is 0.886 bits per heavy atom. The summed E-state index contributed by atoms with van der Waals surface area (Å²) in [6.07, 6.45) is 0. The molecule has 1 N–H and O–H groups in total. The molecule has 0 aromatic heterocycles. The van der Waals surface area contributed by atoms with Crippen molar-refractivity contribution in [1.82, 2.24) is 0 Å². The Kier molecular flexibility index (Phi) is 7.34. The monoisotopic (exact) mass is 475 g/mol. The molecule has 1 fully saturated rings. The summed E-state index contributed by atoms with van der Waals surface area (Å²) in [6.45, 7) is 7.40. The Hall–Kier alpha value is -3.87. The minimum atomic E-state index is -0.943. The number of anilines is 3. The van der Waals surface area contributed by atoms with Crippen LogP contribution in [0.5, 0.6) is 0 Å². The lowest BCUT2D eigenvalue weighted by Crippen LogP contribution is -2.46. The molecule has 0 bridgehead atoms. The van der Waals surface area contributed by atoms with Gasteiger partial charge >= 0.3 is 5.97 Å². The van der Waals surface area contributed by atoms with E-state index in [2.05, 4.69) is 9.80 Å². The SMILES string of the molecule is CC(C)CN(C(=O)c1ccc(N2CCN(c3ccc(C(=O)O)cc3)CC2)cc1F)c1ccccc1. The molecule has 4 rings (SSSR count). The van der Waals surface area contributed by atoms with Gasteiger partial charge in [0.25, 0.3) is 5.91 Å². The van der Waals surface area contributed by atoms with E-state index in [1.54, 1.807) is 23.1 Å². The zero-order chi connectivity index (χ0) is 24.9. The van der Waals surface area contributed by atoms with Crippen LogP contribution in [0.2, 0.25) is 0 Å². The molecule has 6 nitrogen and oxygen atoms in total. The molecule has 3 aromatic rings. The summed E-state index contributed by atoms with van der Waals surface area (Å²) >= 11 is 0. The first-order valence-electron chi connectivity index (χ1n) is 11.8. The Morgan fingerprint density at radius 2 is 1.46 bits per heavy atom. The highest BCUT2D eigenvalue weighted by Crippen LogP contribution is 2.25. The van der Waals surface area contributed by atoms with Crippen molar-refractivity contribution >= 4 is 28.9 Å². The first-order chi connectivity index (χ1) is 16.8. The Bertz CT molecular complexity index is 1170. The first-order valence-corrected chi connectivity index (χ1v) is 11.8. The summed E-state index contributed by atoms with van der Waals surface area (Å²) in [6, 6.07) is 21.0. The maximum atomic E-state index is 15.2. The number of carbonyl (C=O) groups is 2. The van der Waals surface area contributed by atoms with Crippen molar-refractivity contribution in [3.05, 3.63) is 89.7 Å². The van der Waals surface area contributed by atoms with Gasteiger partial charge in [-0.25, -0.2) is 9.18 Å². The molecule has 35 heavy (non-hydrogen) atoms. The fraction of sp³-hybridized carbons (Fsp3) is 0.286. The summed E-state index contributed by atoms with van der Waals surface area (Å²) < 4.78 is 15.2. The average molecular weight is 476 g/mol. The fourth-order valence-electron chi connectivity index (χ4n) is 4.34. The van der Waals surface area contributed by atoms with Crippen molar-refractivity contribution in [2.24, 2.45) is 5.92 Å². The van der Waals surface area contributed by atoms with Crippen LogP contribution < -0.4 is 14.7 Å². The van der Waals surface area contributed by atoms with E-state index in [0.29, 0.717) is 19.6 Å². The number of aromatic carboxylic acids is 1. The lowest BCUT2D eigenvalue weighted by molar-refractivity contribution is 0.0696. The molecular formula is C28H30FN3O3. The summed E-state index contributed by atoms with van der Waals surface area (Å²) in [7, 11) is 0. The van der Waals surface area contributed by atoms with Gasteiger partial charge in [0.05, 0.1) is 11.1 Å². The van der Waals surface area contributed by atoms with Crippen molar-refractivity contribution < 1.29 is 19.1 Å². The molecule has 1 saturated heterocycles. The minimum absolute atomic E-state index is 0.0652. The topological polar surface area (TPSA) is 64.1 Å². The predicted molar refractivity (Wildman–Crippen MR) is 137 cm³/mol. The van der Waals surface area contributed by atoms with E-state index in [9.17, 15) is 9.59 Å². The minimum Gasteiger partial charge on any atom is -0.478 e. The normalized spacial score (nSPS) is 13.7. The molecule has 0 radical (unpaired) electrons. The third-order valence-corrected chi connectivity index (χ3v) is 6.17. The number of carboxylic acid groups (broad SMARTS) is 1. The van der Waals surface area contributed by atoms with Crippen LogP contribution in [0, 0.1) is 11.7 Å². The molecule has 0 atom stereocenters. The zero-order valence-electron chi connectivity index (χ0n) is 20.0. The van der Waals surface area contributed by atoms with E-state index in [-0.39, 0.29) is 23.0 Å². The second-order valence-corrected chi connectivity index (χ2v) is 9.14. The van der Waals surface area contributed by atoms with E-state index < -0.39 is 11.8 Å². The maximum Gasteiger partial charge on any atom is 0.335 e. The second-order valence-electron chi connectivity index (χ2n) is 9.14. The summed E-state index contributed by atoms with van der Waals surface area (Å²) in [5, 5.41) is 9.07. The highest BCUT2D eigenvalue weighted by atomic mass is 19.1. The van der Waals surface area contributed by atoms with Crippen LogP contribution in [0.3, 0.4) is 0 Å². The average Bonchev–Trinajstić information content (AvgIpc) is 2.87. The van der Waals surface area contributed by atoms with Crippen molar-refractivity contribution in [3.63, 3.8) is 0 Å². The molecular weight excluding hydrogens is 445 g/mol. The summed E-state index contributed by atoms with van der Waals surface area (Å²) in [5.41, 5.74) is 2.79. The molecule has 7 heteroatoms. The van der Waals surface area contributed by atoms with E-state index in [0.717, 1.165) is 30.2 Å². The molecule has 0 aliphatic carbocycles. The standard InChI is InChI=1S/C28H30FN3O3/c1-20(2)19-32(23-6-4-3-5-7-23)27(33)25-13-12-24(18-26(25)29)31-16-14-30(15-17-31)22-10-8-21(9-11-22)28(34)35/h3-13,18,20H,14-17,19H2,1-2H3,(H,34,35). The Morgan fingerprint density at radius 3 is 2.00 bits per heavy atom. The zero-order valence-corrected chi connectivity index (χ0v) is 20.0. The highest BCUT2D eigenvalue weighted by Gasteiger charge is 2.24. The van der Waals surface area contributed by atoms with Crippen molar-refractivity contribution in [2.75, 3.05) is 47.4 Å². The number of para-hydroxylation sites is 1. The van der Waals surface area contributed by atoms with Crippen molar-refractivity contribution in [1.29, 1.82) is 0 Å². The van der Waals surface area contributed by atoms with E-state index in [1.807, 2.05) is 62.4 Å². The van der Waals surface area contributed by atoms with Crippen LogP contribution in [0.1, 0.15) is 34.6 Å². The number of amides is 1. The molecule has 0 saturated carbocycles. The largest absolute Gasteiger partial charge is 0.478 e. The van der Waals surface area contributed by atoms with Crippen molar-refractivity contribution in [3.8, 4) is 0 Å². The molecule has 0 spiro atoms. The molecule has 1 amide bonds. The summed E-state index contributed by atoms with van der Waals surface area (Å²) in [5.74, 6) is -1.58. The maximum absolute atomic E-state index is 15.2. The highest BCUT2D eigenvalue weighted by molar-refractivity contribution is 6.06. The summed E-state index contributed by atoms with van der Waals surface area (Å²) in [4.78, 5) is 30.3. The van der Waals surface area contributed by atoms with Crippen LogP contribution in [0.25, 0.3) is 0 Å². The number of rotatable bonds is 7. The van der Waals surface area contributed by atoms with E-state index in [1.165, 1.54) is 6.07 Å². The predicted octanol–water partition coefficient (Wildman–Crippen LogP) is 5.15. The van der Waals surface area contributed by atoms with Crippen LogP contribution in [0.15, 0.2) is 72.8 Å². The van der Waals surface area contributed by atoms with Gasteiger partial charge in [0.15, 0.2) is 0 Å². The number of halogens is 1. The van der Waals surface area contributed by atoms with Gasteiger partial charge in [0.2, 0.25) is 0 Å². The Labute approximate surface area is 205 Å². The van der Waals surface area contributed by atoms with Gasteiger partial charge in [-0.15, -0.1) is 0 Å². The van der Waals surface area contributed by atoms with Crippen LogP contribution in [-0.2, 0) is 0 Å². The van der Waals surface area contributed by atoms with Gasteiger partial charge in [-0.3, -0.25) is 4.79 Å². The van der Waals surface area contributed by atoms with Gasteiger partial charge < -0.3 is 19.8 Å². The fourth-order valence-corrected chi connectivity index (χ4v) is 4.34. The number of hydrogen-bond donors (Lipinski definition) is 1. The third-order valence-electron chi connectivity index (χ3n) is 6.17. The quantitative estimate of drug-likeness (QED) is 0.512. The lowest BCUT2D eigenvalue weighted by Gasteiger charge is -2.37. The number of carbonyl (C=O) groups excluding carboxylic acids is 1. The van der Waals surface area contributed by atoms with Crippen LogP contribution in [-0.4, -0.2) is 49.7 Å². The molecule has 1 aliphatic rings. The first kappa shape index (κ1) is 24.3. The van der Waals surface area contributed by atoms with Gasteiger partial charge in [-0.05, 0) is 60.5 Å². The number of carboxylic acids is 1. The number of piperazine rings is 1. The molecule has 3 aromatic carbocycles.